The summed E-state index contributed by atoms with van der Waals surface area (Å²) in [5.41, 5.74) is 0.0707. The first-order valence-corrected chi connectivity index (χ1v) is 6.45. The van der Waals surface area contributed by atoms with Crippen LogP contribution in [0.15, 0.2) is 0 Å². The molecule has 3 unspecified atom stereocenters. The first-order chi connectivity index (χ1) is 7.47. The molecular weight excluding hydrogens is 202 g/mol. The summed E-state index contributed by atoms with van der Waals surface area (Å²) in [5, 5.41) is 19.0. The van der Waals surface area contributed by atoms with Crippen molar-refractivity contribution < 1.29 is 10.2 Å². The fourth-order valence-corrected chi connectivity index (χ4v) is 3.19. The van der Waals surface area contributed by atoms with Gasteiger partial charge in [-0.2, -0.15) is 0 Å². The smallest absolute Gasteiger partial charge is 0.0638 e. The topological polar surface area (TPSA) is 43.7 Å². The van der Waals surface area contributed by atoms with Gasteiger partial charge < -0.3 is 15.1 Å². The Morgan fingerprint density at radius 1 is 1.50 bits per heavy atom. The molecule has 0 aliphatic heterocycles. The van der Waals surface area contributed by atoms with Gasteiger partial charge in [0.1, 0.15) is 0 Å². The quantitative estimate of drug-likeness (QED) is 0.750. The van der Waals surface area contributed by atoms with Gasteiger partial charge in [0.15, 0.2) is 0 Å². The van der Waals surface area contributed by atoms with Gasteiger partial charge in [0.25, 0.3) is 0 Å². The predicted octanol–water partition coefficient (Wildman–Crippen LogP) is 1.49. The molecule has 0 radical (unpaired) electrons. The van der Waals surface area contributed by atoms with Crippen LogP contribution in [0, 0.1) is 11.3 Å². The summed E-state index contributed by atoms with van der Waals surface area (Å²) in [6, 6.07) is 0. The Morgan fingerprint density at radius 2 is 2.19 bits per heavy atom. The number of aliphatic hydroxyl groups excluding tert-OH is 2. The lowest BCUT2D eigenvalue weighted by Crippen LogP contribution is -2.43. The van der Waals surface area contributed by atoms with Gasteiger partial charge >= 0.3 is 0 Å². The van der Waals surface area contributed by atoms with Crippen LogP contribution in [0.1, 0.15) is 39.5 Å². The fraction of sp³-hybridized carbons (Fsp3) is 1.00. The number of hydrogen-bond acceptors (Lipinski definition) is 3. The van der Waals surface area contributed by atoms with E-state index in [0.29, 0.717) is 6.54 Å². The molecule has 1 aliphatic carbocycles. The number of aliphatic hydroxyl groups is 2. The number of likely N-dealkylation sites (N-methyl/N-ethyl adjacent to an activating group) is 1. The normalized spacial score (nSPS) is 33.0. The summed E-state index contributed by atoms with van der Waals surface area (Å²) >= 11 is 0. The lowest BCUT2D eigenvalue weighted by molar-refractivity contribution is 0.0202. The van der Waals surface area contributed by atoms with Gasteiger partial charge in [-0.25, -0.2) is 0 Å². The lowest BCUT2D eigenvalue weighted by atomic mass is 9.70. The van der Waals surface area contributed by atoms with Crippen LogP contribution in [0.4, 0.5) is 0 Å². The molecule has 0 bridgehead atoms. The van der Waals surface area contributed by atoms with Gasteiger partial charge in [-0.1, -0.05) is 19.8 Å². The van der Waals surface area contributed by atoms with E-state index in [1.165, 1.54) is 12.8 Å². The third-order valence-electron chi connectivity index (χ3n) is 3.70. The molecule has 0 aromatic heterocycles. The molecule has 3 nitrogen and oxygen atoms in total. The summed E-state index contributed by atoms with van der Waals surface area (Å²) in [4.78, 5) is 2.15. The number of hydrogen-bond donors (Lipinski definition) is 2. The molecule has 2 N–H and O–H groups in total. The SMILES string of the molecule is CC(O)CN(C)CC1(CO)CCCC(C)C1. The van der Waals surface area contributed by atoms with Crippen molar-refractivity contribution in [3.8, 4) is 0 Å². The van der Waals surface area contributed by atoms with Crippen molar-refractivity contribution in [1.29, 1.82) is 0 Å². The van der Waals surface area contributed by atoms with Crippen LogP contribution in [0.25, 0.3) is 0 Å². The van der Waals surface area contributed by atoms with Crippen molar-refractivity contribution in [1.82, 2.24) is 4.90 Å². The number of rotatable bonds is 5. The monoisotopic (exact) mass is 229 g/mol. The highest BCUT2D eigenvalue weighted by molar-refractivity contribution is 4.87. The van der Waals surface area contributed by atoms with Crippen molar-refractivity contribution in [2.75, 3.05) is 26.7 Å². The molecule has 3 atom stereocenters. The molecule has 0 amide bonds. The standard InChI is InChI=1S/C13H27NO2/c1-11-5-4-6-13(7-11,10-15)9-14(3)8-12(2)16/h11-12,15-16H,4-10H2,1-3H3. The van der Waals surface area contributed by atoms with E-state index in [9.17, 15) is 10.2 Å². The largest absolute Gasteiger partial charge is 0.396 e. The maximum atomic E-state index is 9.65. The van der Waals surface area contributed by atoms with E-state index < -0.39 is 0 Å². The van der Waals surface area contributed by atoms with Crippen LogP contribution >= 0.6 is 0 Å². The zero-order valence-corrected chi connectivity index (χ0v) is 10.9. The lowest BCUT2D eigenvalue weighted by Gasteiger charge is -2.41. The van der Waals surface area contributed by atoms with E-state index in [-0.39, 0.29) is 18.1 Å². The fourth-order valence-electron chi connectivity index (χ4n) is 3.19. The minimum Gasteiger partial charge on any atom is -0.396 e. The third kappa shape index (κ3) is 4.04. The Morgan fingerprint density at radius 3 is 2.69 bits per heavy atom. The molecule has 0 spiro atoms. The highest BCUT2D eigenvalue weighted by atomic mass is 16.3. The molecule has 1 aliphatic rings. The molecule has 96 valence electrons. The Labute approximate surface area is 99.5 Å². The second-order valence-corrected chi connectivity index (χ2v) is 5.91. The van der Waals surface area contributed by atoms with E-state index in [0.717, 1.165) is 25.3 Å². The maximum absolute atomic E-state index is 9.65. The molecule has 1 rings (SSSR count). The van der Waals surface area contributed by atoms with Gasteiger partial charge in [-0.05, 0) is 32.7 Å². The third-order valence-corrected chi connectivity index (χ3v) is 3.70. The summed E-state index contributed by atoms with van der Waals surface area (Å²) in [6.07, 6.45) is 4.47. The molecule has 16 heavy (non-hydrogen) atoms. The maximum Gasteiger partial charge on any atom is 0.0638 e. The molecule has 0 saturated heterocycles. The van der Waals surface area contributed by atoms with Crippen molar-refractivity contribution in [3.63, 3.8) is 0 Å². The van der Waals surface area contributed by atoms with Gasteiger partial charge in [-0.3, -0.25) is 0 Å². The van der Waals surface area contributed by atoms with E-state index in [1.807, 2.05) is 14.0 Å². The van der Waals surface area contributed by atoms with Crippen LogP contribution < -0.4 is 0 Å². The average molecular weight is 229 g/mol. The average Bonchev–Trinajstić information content (AvgIpc) is 2.16. The summed E-state index contributed by atoms with van der Waals surface area (Å²) in [5.74, 6) is 0.723. The van der Waals surface area contributed by atoms with E-state index in [1.54, 1.807) is 0 Å². The van der Waals surface area contributed by atoms with Crippen molar-refractivity contribution in [2.45, 2.75) is 45.6 Å². The van der Waals surface area contributed by atoms with E-state index in [2.05, 4.69) is 11.8 Å². The molecular formula is C13H27NO2. The molecule has 0 aromatic rings. The highest BCUT2D eigenvalue weighted by Crippen LogP contribution is 2.39. The Hall–Kier alpha value is -0.120. The van der Waals surface area contributed by atoms with Gasteiger partial charge in [-0.15, -0.1) is 0 Å². The highest BCUT2D eigenvalue weighted by Gasteiger charge is 2.35. The minimum atomic E-state index is -0.290. The second kappa shape index (κ2) is 5.99. The summed E-state index contributed by atoms with van der Waals surface area (Å²) in [7, 11) is 2.03. The van der Waals surface area contributed by atoms with Gasteiger partial charge in [0.2, 0.25) is 0 Å². The van der Waals surface area contributed by atoms with Crippen LogP contribution in [0.3, 0.4) is 0 Å². The van der Waals surface area contributed by atoms with Crippen LogP contribution in [0.5, 0.6) is 0 Å². The zero-order chi connectivity index (χ0) is 12.2. The molecule has 0 heterocycles. The molecule has 1 fully saturated rings. The summed E-state index contributed by atoms with van der Waals surface area (Å²) in [6.45, 7) is 5.96. The van der Waals surface area contributed by atoms with Crippen molar-refractivity contribution >= 4 is 0 Å². The Balaban J connectivity index is 2.52. The molecule has 0 aromatic carbocycles. The van der Waals surface area contributed by atoms with Gasteiger partial charge in [0.05, 0.1) is 6.10 Å². The Kier molecular flexibility index (Phi) is 5.22. The van der Waals surface area contributed by atoms with E-state index >= 15 is 0 Å². The van der Waals surface area contributed by atoms with Crippen LogP contribution in [-0.4, -0.2) is 48.0 Å². The zero-order valence-electron chi connectivity index (χ0n) is 10.9. The number of nitrogens with zero attached hydrogens (tertiary/aromatic N) is 1. The van der Waals surface area contributed by atoms with Crippen molar-refractivity contribution in [3.05, 3.63) is 0 Å². The van der Waals surface area contributed by atoms with Gasteiger partial charge in [0, 0.05) is 25.1 Å². The van der Waals surface area contributed by atoms with E-state index in [4.69, 9.17) is 0 Å². The second-order valence-electron chi connectivity index (χ2n) is 5.91. The molecule has 3 heteroatoms. The minimum absolute atomic E-state index is 0.0707. The first-order valence-electron chi connectivity index (χ1n) is 6.45. The van der Waals surface area contributed by atoms with Crippen LogP contribution in [0.2, 0.25) is 0 Å². The van der Waals surface area contributed by atoms with Crippen LogP contribution in [-0.2, 0) is 0 Å². The molecule has 1 saturated carbocycles. The first kappa shape index (κ1) is 13.9. The predicted molar refractivity (Wildman–Crippen MR) is 66.3 cm³/mol. The van der Waals surface area contributed by atoms with Crippen molar-refractivity contribution in [2.24, 2.45) is 11.3 Å². The summed E-state index contributed by atoms with van der Waals surface area (Å²) < 4.78 is 0. The Bertz CT molecular complexity index is 208.